The van der Waals surface area contributed by atoms with Gasteiger partial charge in [0.25, 0.3) is 5.91 Å². The Bertz CT molecular complexity index is 507. The Morgan fingerprint density at radius 2 is 1.78 bits per heavy atom. The first kappa shape index (κ1) is 17.8. The second-order valence-electron chi connectivity index (χ2n) is 6.24. The molecule has 2 fully saturated rings. The van der Waals surface area contributed by atoms with Crippen LogP contribution in [0.2, 0.25) is 0 Å². The number of likely N-dealkylation sites (N-methyl/N-ethyl adjacent to an activating group) is 1. The SMILES string of the molecule is CN1CCNCC1.COc1cc(C(=O)N2CCCC2)ccc1C. The fourth-order valence-electron chi connectivity index (χ4n) is 2.83. The van der Waals surface area contributed by atoms with E-state index in [0.29, 0.717) is 0 Å². The maximum absolute atomic E-state index is 12.1. The van der Waals surface area contributed by atoms with E-state index in [1.54, 1.807) is 7.11 Å². The molecular formula is C18H29N3O2. The van der Waals surface area contributed by atoms with Crippen molar-refractivity contribution in [1.82, 2.24) is 15.1 Å². The van der Waals surface area contributed by atoms with Crippen LogP contribution in [0.5, 0.6) is 5.75 Å². The maximum Gasteiger partial charge on any atom is 0.253 e. The maximum atomic E-state index is 12.1. The zero-order chi connectivity index (χ0) is 16.7. The predicted octanol–water partition coefficient (Wildman–Crippen LogP) is 1.76. The van der Waals surface area contributed by atoms with E-state index < -0.39 is 0 Å². The number of carbonyl (C=O) groups excluding carboxylic acids is 1. The van der Waals surface area contributed by atoms with Crippen molar-refractivity contribution in [2.75, 3.05) is 53.4 Å². The highest BCUT2D eigenvalue weighted by molar-refractivity contribution is 5.94. The molecule has 3 rings (SSSR count). The Labute approximate surface area is 139 Å². The standard InChI is InChI=1S/C13H17NO2.C5H12N2/c1-10-5-6-11(9-12(10)16-2)13(15)14-7-3-4-8-14;1-7-4-2-6-3-5-7/h5-6,9H,3-4,7-8H2,1-2H3;6H,2-5H2,1H3. The molecule has 5 nitrogen and oxygen atoms in total. The average Bonchev–Trinajstić information content (AvgIpc) is 3.10. The minimum atomic E-state index is 0.121. The number of amides is 1. The van der Waals surface area contributed by atoms with Gasteiger partial charge in [-0.05, 0) is 44.5 Å². The molecule has 0 aliphatic carbocycles. The van der Waals surface area contributed by atoms with Crippen LogP contribution in [-0.2, 0) is 0 Å². The molecule has 0 spiro atoms. The Balaban J connectivity index is 0.000000229. The van der Waals surface area contributed by atoms with Gasteiger partial charge in [-0.15, -0.1) is 0 Å². The summed E-state index contributed by atoms with van der Waals surface area (Å²) in [6, 6.07) is 5.64. The third-order valence-electron chi connectivity index (χ3n) is 4.39. The highest BCUT2D eigenvalue weighted by Gasteiger charge is 2.19. The van der Waals surface area contributed by atoms with Crippen LogP contribution in [0.4, 0.5) is 0 Å². The van der Waals surface area contributed by atoms with E-state index >= 15 is 0 Å². The monoisotopic (exact) mass is 319 g/mol. The van der Waals surface area contributed by atoms with E-state index in [1.165, 1.54) is 13.1 Å². The Morgan fingerprint density at radius 1 is 1.13 bits per heavy atom. The minimum Gasteiger partial charge on any atom is -0.496 e. The van der Waals surface area contributed by atoms with Gasteiger partial charge < -0.3 is 19.9 Å². The number of methoxy groups -OCH3 is 1. The number of nitrogens with one attached hydrogen (secondary N) is 1. The molecule has 1 amide bonds. The highest BCUT2D eigenvalue weighted by atomic mass is 16.5. The van der Waals surface area contributed by atoms with Gasteiger partial charge in [-0.2, -0.15) is 0 Å². The normalized spacial score (nSPS) is 18.3. The van der Waals surface area contributed by atoms with E-state index in [1.807, 2.05) is 30.0 Å². The smallest absolute Gasteiger partial charge is 0.253 e. The Morgan fingerprint density at radius 3 is 2.30 bits per heavy atom. The summed E-state index contributed by atoms with van der Waals surface area (Å²) in [6.07, 6.45) is 2.24. The van der Waals surface area contributed by atoms with Crippen LogP contribution in [0, 0.1) is 6.92 Å². The lowest BCUT2D eigenvalue weighted by molar-refractivity contribution is 0.0792. The van der Waals surface area contributed by atoms with Crippen LogP contribution in [0.15, 0.2) is 18.2 Å². The predicted molar refractivity (Wildman–Crippen MR) is 93.2 cm³/mol. The van der Waals surface area contributed by atoms with Crippen LogP contribution in [-0.4, -0.2) is 69.1 Å². The van der Waals surface area contributed by atoms with E-state index in [4.69, 9.17) is 4.74 Å². The van der Waals surface area contributed by atoms with Gasteiger partial charge in [0.15, 0.2) is 0 Å². The summed E-state index contributed by atoms with van der Waals surface area (Å²) in [7, 11) is 3.79. The highest BCUT2D eigenvalue weighted by Crippen LogP contribution is 2.21. The zero-order valence-corrected chi connectivity index (χ0v) is 14.6. The van der Waals surface area contributed by atoms with Crippen molar-refractivity contribution in [2.45, 2.75) is 19.8 Å². The zero-order valence-electron chi connectivity index (χ0n) is 14.6. The van der Waals surface area contributed by atoms with Crippen LogP contribution < -0.4 is 10.1 Å². The molecule has 0 radical (unpaired) electrons. The lowest BCUT2D eigenvalue weighted by Gasteiger charge is -2.21. The molecule has 128 valence electrons. The first-order chi connectivity index (χ1) is 11.1. The number of hydrogen-bond acceptors (Lipinski definition) is 4. The second kappa shape index (κ2) is 8.89. The molecule has 2 saturated heterocycles. The molecule has 2 aliphatic rings. The molecule has 1 aromatic carbocycles. The number of rotatable bonds is 2. The van der Waals surface area contributed by atoms with E-state index in [2.05, 4.69) is 17.3 Å². The quantitative estimate of drug-likeness (QED) is 0.902. The molecule has 23 heavy (non-hydrogen) atoms. The lowest BCUT2D eigenvalue weighted by Crippen LogP contribution is -2.40. The third-order valence-corrected chi connectivity index (χ3v) is 4.39. The Hall–Kier alpha value is -1.59. The van der Waals surface area contributed by atoms with Crippen molar-refractivity contribution in [3.63, 3.8) is 0 Å². The summed E-state index contributed by atoms with van der Waals surface area (Å²) < 4.78 is 5.23. The number of benzene rings is 1. The van der Waals surface area contributed by atoms with Crippen LogP contribution >= 0.6 is 0 Å². The molecule has 0 saturated carbocycles. The third kappa shape index (κ3) is 5.22. The first-order valence-corrected chi connectivity index (χ1v) is 8.45. The van der Waals surface area contributed by atoms with Gasteiger partial charge in [-0.25, -0.2) is 0 Å². The van der Waals surface area contributed by atoms with Gasteiger partial charge in [0.2, 0.25) is 0 Å². The number of carbonyl (C=O) groups is 1. The fourth-order valence-corrected chi connectivity index (χ4v) is 2.83. The van der Waals surface area contributed by atoms with Gasteiger partial charge >= 0.3 is 0 Å². The summed E-state index contributed by atoms with van der Waals surface area (Å²) in [5, 5.41) is 3.27. The summed E-state index contributed by atoms with van der Waals surface area (Å²) >= 11 is 0. The molecule has 0 aromatic heterocycles. The second-order valence-corrected chi connectivity index (χ2v) is 6.24. The summed E-state index contributed by atoms with van der Waals surface area (Å²) in [4.78, 5) is 16.3. The number of nitrogens with zero attached hydrogens (tertiary/aromatic N) is 2. The van der Waals surface area contributed by atoms with E-state index in [-0.39, 0.29) is 5.91 Å². The number of hydrogen-bond donors (Lipinski definition) is 1. The molecule has 2 heterocycles. The summed E-state index contributed by atoms with van der Waals surface area (Å²) in [5.74, 6) is 0.904. The van der Waals surface area contributed by atoms with Crippen LogP contribution in [0.1, 0.15) is 28.8 Å². The fraction of sp³-hybridized carbons (Fsp3) is 0.611. The van der Waals surface area contributed by atoms with Crippen LogP contribution in [0.3, 0.4) is 0 Å². The molecule has 0 bridgehead atoms. The molecule has 2 aliphatic heterocycles. The van der Waals surface area contributed by atoms with Gasteiger partial charge in [0.05, 0.1) is 7.11 Å². The van der Waals surface area contributed by atoms with Crippen molar-refractivity contribution in [2.24, 2.45) is 0 Å². The number of likely N-dealkylation sites (tertiary alicyclic amines) is 1. The van der Waals surface area contributed by atoms with Gasteiger partial charge in [0.1, 0.15) is 5.75 Å². The van der Waals surface area contributed by atoms with E-state index in [9.17, 15) is 4.79 Å². The van der Waals surface area contributed by atoms with Crippen molar-refractivity contribution in [3.05, 3.63) is 29.3 Å². The number of piperazine rings is 1. The number of ether oxygens (including phenoxy) is 1. The molecule has 0 unspecified atom stereocenters. The lowest BCUT2D eigenvalue weighted by atomic mass is 10.1. The molecular weight excluding hydrogens is 290 g/mol. The largest absolute Gasteiger partial charge is 0.496 e. The van der Waals surface area contributed by atoms with Crippen molar-refractivity contribution in [3.8, 4) is 5.75 Å². The molecule has 1 N–H and O–H groups in total. The average molecular weight is 319 g/mol. The summed E-state index contributed by atoms with van der Waals surface area (Å²) in [5.41, 5.74) is 1.78. The molecule has 1 aromatic rings. The Kier molecular flexibility index (Phi) is 6.86. The van der Waals surface area contributed by atoms with Crippen molar-refractivity contribution < 1.29 is 9.53 Å². The molecule has 5 heteroatoms. The van der Waals surface area contributed by atoms with E-state index in [0.717, 1.165) is 55.9 Å². The van der Waals surface area contributed by atoms with Crippen LogP contribution in [0.25, 0.3) is 0 Å². The van der Waals surface area contributed by atoms with Gasteiger partial charge in [-0.3, -0.25) is 4.79 Å². The van der Waals surface area contributed by atoms with Crippen molar-refractivity contribution in [1.29, 1.82) is 0 Å². The first-order valence-electron chi connectivity index (χ1n) is 8.45. The summed E-state index contributed by atoms with van der Waals surface area (Å²) in [6.45, 7) is 8.49. The number of aryl methyl sites for hydroxylation is 1. The van der Waals surface area contributed by atoms with Crippen molar-refractivity contribution >= 4 is 5.91 Å². The minimum absolute atomic E-state index is 0.121. The topological polar surface area (TPSA) is 44.8 Å². The van der Waals surface area contributed by atoms with Gasteiger partial charge in [0, 0.05) is 44.8 Å². The van der Waals surface area contributed by atoms with Gasteiger partial charge in [-0.1, -0.05) is 6.07 Å². The molecule has 0 atom stereocenters.